The smallest absolute Gasteiger partial charge is 0.0638 e. The minimum Gasteiger partial charge on any atom is -0.376 e. The molecule has 0 fully saturated rings. The van der Waals surface area contributed by atoms with Gasteiger partial charge in [-0.25, -0.2) is 0 Å². The monoisotopic (exact) mass is 201 g/mol. The number of nitrogens with one attached hydrogen (secondary N) is 1. The summed E-state index contributed by atoms with van der Waals surface area (Å²) in [6.45, 7) is 12.9. The van der Waals surface area contributed by atoms with E-state index in [1.165, 1.54) is 0 Å². The molecule has 0 bridgehead atoms. The van der Waals surface area contributed by atoms with Gasteiger partial charge in [0.25, 0.3) is 0 Å². The molecule has 0 saturated heterocycles. The number of rotatable bonds is 6. The van der Waals surface area contributed by atoms with Crippen molar-refractivity contribution < 1.29 is 4.74 Å². The molecular weight excluding hydrogens is 174 g/mol. The quantitative estimate of drug-likeness (QED) is 0.713. The Labute approximate surface area is 89.4 Å². The Morgan fingerprint density at radius 1 is 1.00 bits per heavy atom. The lowest BCUT2D eigenvalue weighted by molar-refractivity contribution is -0.0322. The third-order valence-corrected chi connectivity index (χ3v) is 2.32. The van der Waals surface area contributed by atoms with Gasteiger partial charge in [-0.1, -0.05) is 20.8 Å². The molecular formula is C12H27NO. The molecule has 1 N–H and O–H groups in total. The van der Waals surface area contributed by atoms with E-state index < -0.39 is 0 Å². The lowest BCUT2D eigenvalue weighted by Gasteiger charge is -2.27. The summed E-state index contributed by atoms with van der Waals surface area (Å²) in [5, 5.41) is 3.15. The maximum Gasteiger partial charge on any atom is 0.0638 e. The van der Waals surface area contributed by atoms with Gasteiger partial charge in [-0.05, 0) is 45.7 Å². The summed E-state index contributed by atoms with van der Waals surface area (Å²) >= 11 is 0. The summed E-state index contributed by atoms with van der Waals surface area (Å²) in [5.41, 5.74) is 0.382. The summed E-state index contributed by atoms with van der Waals surface area (Å²) in [6.07, 6.45) is 2.18. The van der Waals surface area contributed by atoms with E-state index in [2.05, 4.69) is 39.9 Å². The number of hydrogen-bond donors (Lipinski definition) is 1. The van der Waals surface area contributed by atoms with Gasteiger partial charge in [0.1, 0.15) is 0 Å². The zero-order valence-electron chi connectivity index (χ0n) is 10.7. The van der Waals surface area contributed by atoms with Crippen LogP contribution >= 0.6 is 0 Å². The van der Waals surface area contributed by atoms with Crippen molar-refractivity contribution in [2.75, 3.05) is 20.2 Å². The van der Waals surface area contributed by atoms with Crippen molar-refractivity contribution >= 4 is 0 Å². The lowest BCUT2D eigenvalue weighted by Crippen LogP contribution is -2.30. The Kier molecular flexibility index (Phi) is 5.68. The molecule has 0 aromatic rings. The lowest BCUT2D eigenvalue weighted by atomic mass is 9.93. The van der Waals surface area contributed by atoms with Gasteiger partial charge in [-0.3, -0.25) is 0 Å². The van der Waals surface area contributed by atoms with Gasteiger partial charge in [0, 0.05) is 6.61 Å². The second-order valence-electron chi connectivity index (χ2n) is 5.77. The molecule has 0 aliphatic heterocycles. The van der Waals surface area contributed by atoms with Crippen LogP contribution in [0.15, 0.2) is 0 Å². The molecule has 0 saturated carbocycles. The topological polar surface area (TPSA) is 21.3 Å². The van der Waals surface area contributed by atoms with Crippen LogP contribution in [0.5, 0.6) is 0 Å². The van der Waals surface area contributed by atoms with Crippen LogP contribution < -0.4 is 5.32 Å². The van der Waals surface area contributed by atoms with Gasteiger partial charge in [-0.15, -0.1) is 0 Å². The molecule has 0 atom stereocenters. The molecule has 0 aromatic carbocycles. The molecule has 86 valence electrons. The van der Waals surface area contributed by atoms with Crippen molar-refractivity contribution in [2.24, 2.45) is 5.41 Å². The second kappa shape index (κ2) is 5.72. The molecule has 0 amide bonds. The largest absolute Gasteiger partial charge is 0.376 e. The van der Waals surface area contributed by atoms with E-state index in [0.29, 0.717) is 5.41 Å². The van der Waals surface area contributed by atoms with Crippen molar-refractivity contribution in [3.63, 3.8) is 0 Å². The first-order chi connectivity index (χ1) is 6.27. The molecule has 0 aliphatic rings. The SMILES string of the molecule is CNCCC(C)(C)OCCC(C)(C)C. The van der Waals surface area contributed by atoms with Crippen molar-refractivity contribution in [2.45, 2.75) is 53.1 Å². The predicted molar refractivity (Wildman–Crippen MR) is 62.6 cm³/mol. The fourth-order valence-electron chi connectivity index (χ4n) is 1.13. The maximum atomic E-state index is 5.87. The van der Waals surface area contributed by atoms with Crippen molar-refractivity contribution in [3.05, 3.63) is 0 Å². The van der Waals surface area contributed by atoms with E-state index in [-0.39, 0.29) is 5.60 Å². The second-order valence-corrected chi connectivity index (χ2v) is 5.77. The van der Waals surface area contributed by atoms with E-state index in [9.17, 15) is 0 Å². The van der Waals surface area contributed by atoms with Crippen molar-refractivity contribution in [3.8, 4) is 0 Å². The summed E-state index contributed by atoms with van der Waals surface area (Å²) in [5.74, 6) is 0. The predicted octanol–water partition coefficient (Wildman–Crippen LogP) is 2.83. The molecule has 0 aromatic heterocycles. The third kappa shape index (κ3) is 8.52. The first kappa shape index (κ1) is 13.9. The molecule has 0 radical (unpaired) electrons. The summed E-state index contributed by atoms with van der Waals surface area (Å²) in [6, 6.07) is 0. The fraction of sp³-hybridized carbons (Fsp3) is 1.00. The van der Waals surface area contributed by atoms with Crippen LogP contribution in [0.2, 0.25) is 0 Å². The first-order valence-corrected chi connectivity index (χ1v) is 5.55. The normalized spacial score (nSPS) is 13.3. The standard InChI is InChI=1S/C12H27NO/c1-11(2,3)8-10-14-12(4,5)7-9-13-6/h13H,7-10H2,1-6H3. The van der Waals surface area contributed by atoms with Gasteiger partial charge >= 0.3 is 0 Å². The Morgan fingerprint density at radius 3 is 2.00 bits per heavy atom. The van der Waals surface area contributed by atoms with E-state index in [1.54, 1.807) is 0 Å². The van der Waals surface area contributed by atoms with E-state index in [4.69, 9.17) is 4.74 Å². The van der Waals surface area contributed by atoms with E-state index in [1.807, 2.05) is 7.05 Å². The van der Waals surface area contributed by atoms with Crippen LogP contribution in [-0.4, -0.2) is 25.8 Å². The van der Waals surface area contributed by atoms with Gasteiger partial charge in [0.15, 0.2) is 0 Å². The summed E-state index contributed by atoms with van der Waals surface area (Å²) in [7, 11) is 1.98. The van der Waals surface area contributed by atoms with Crippen molar-refractivity contribution in [1.82, 2.24) is 5.32 Å². The molecule has 0 rings (SSSR count). The minimum atomic E-state index is 0.00819. The summed E-state index contributed by atoms with van der Waals surface area (Å²) < 4.78 is 5.87. The van der Waals surface area contributed by atoms with Gasteiger partial charge < -0.3 is 10.1 Å². The molecule has 0 unspecified atom stereocenters. The van der Waals surface area contributed by atoms with Gasteiger partial charge in [-0.2, -0.15) is 0 Å². The molecule has 2 nitrogen and oxygen atoms in total. The van der Waals surface area contributed by atoms with Crippen molar-refractivity contribution in [1.29, 1.82) is 0 Å². The van der Waals surface area contributed by atoms with Crippen LogP contribution in [0.3, 0.4) is 0 Å². The van der Waals surface area contributed by atoms with E-state index in [0.717, 1.165) is 26.0 Å². The summed E-state index contributed by atoms with van der Waals surface area (Å²) in [4.78, 5) is 0. The maximum absolute atomic E-state index is 5.87. The van der Waals surface area contributed by atoms with Crippen LogP contribution in [0.4, 0.5) is 0 Å². The molecule has 14 heavy (non-hydrogen) atoms. The van der Waals surface area contributed by atoms with Crippen LogP contribution in [0.1, 0.15) is 47.5 Å². The Bertz CT molecular complexity index is 147. The molecule has 2 heteroatoms. The Morgan fingerprint density at radius 2 is 1.57 bits per heavy atom. The highest BCUT2D eigenvalue weighted by Gasteiger charge is 2.19. The molecule has 0 spiro atoms. The zero-order chi connectivity index (χ0) is 11.2. The third-order valence-electron chi connectivity index (χ3n) is 2.32. The average molecular weight is 201 g/mol. The fourth-order valence-corrected chi connectivity index (χ4v) is 1.13. The number of ether oxygens (including phenoxy) is 1. The number of hydrogen-bond acceptors (Lipinski definition) is 2. The van der Waals surface area contributed by atoms with Crippen LogP contribution in [0.25, 0.3) is 0 Å². The van der Waals surface area contributed by atoms with E-state index >= 15 is 0 Å². The van der Waals surface area contributed by atoms with Gasteiger partial charge in [0.2, 0.25) is 0 Å². The van der Waals surface area contributed by atoms with Crippen LogP contribution in [-0.2, 0) is 4.74 Å². The first-order valence-electron chi connectivity index (χ1n) is 5.55. The minimum absolute atomic E-state index is 0.00819. The highest BCUT2D eigenvalue weighted by molar-refractivity contribution is 4.70. The molecule has 0 heterocycles. The highest BCUT2D eigenvalue weighted by Crippen LogP contribution is 2.21. The van der Waals surface area contributed by atoms with Gasteiger partial charge in [0.05, 0.1) is 5.60 Å². The zero-order valence-corrected chi connectivity index (χ0v) is 10.7. The Hall–Kier alpha value is -0.0800. The van der Waals surface area contributed by atoms with Crippen LogP contribution in [0, 0.1) is 5.41 Å². The molecule has 0 aliphatic carbocycles. The highest BCUT2D eigenvalue weighted by atomic mass is 16.5. The Balaban J connectivity index is 3.65. The average Bonchev–Trinajstić information content (AvgIpc) is 1.98.